The van der Waals surface area contributed by atoms with E-state index in [0.29, 0.717) is 6.04 Å². The first-order valence-corrected chi connectivity index (χ1v) is 5.44. The first-order chi connectivity index (χ1) is 7.75. The summed E-state index contributed by atoms with van der Waals surface area (Å²) in [5.41, 5.74) is 1.18. The number of hydrogen-bond donors (Lipinski definition) is 1. The summed E-state index contributed by atoms with van der Waals surface area (Å²) in [6.07, 6.45) is 5.51. The van der Waals surface area contributed by atoms with Crippen LogP contribution in [0.1, 0.15) is 19.4 Å². The summed E-state index contributed by atoms with van der Waals surface area (Å²) in [4.78, 5) is 4.36. The topological polar surface area (TPSA) is 42.7 Å². The highest BCUT2D eigenvalue weighted by Crippen LogP contribution is 2.04. The Kier molecular flexibility index (Phi) is 3.31. The summed E-state index contributed by atoms with van der Waals surface area (Å²) in [6.45, 7) is 5.11. The van der Waals surface area contributed by atoms with Gasteiger partial charge in [0.2, 0.25) is 0 Å². The highest BCUT2D eigenvalue weighted by Gasteiger charge is 1.99. The van der Waals surface area contributed by atoms with Crippen molar-refractivity contribution in [2.24, 2.45) is 0 Å². The normalized spacial score (nSPS) is 10.9. The molecule has 0 aliphatic rings. The van der Waals surface area contributed by atoms with Crippen molar-refractivity contribution >= 4 is 0 Å². The molecule has 4 heteroatoms. The molecule has 0 saturated carbocycles. The van der Waals surface area contributed by atoms with E-state index in [2.05, 4.69) is 35.3 Å². The van der Waals surface area contributed by atoms with Gasteiger partial charge in [-0.1, -0.05) is 19.9 Å². The number of hydrogen-bond acceptors (Lipinski definition) is 3. The molecule has 0 aromatic carbocycles. The quantitative estimate of drug-likeness (QED) is 0.847. The van der Waals surface area contributed by atoms with E-state index < -0.39 is 0 Å². The van der Waals surface area contributed by atoms with Crippen LogP contribution in [0.2, 0.25) is 0 Å². The third-order valence-corrected chi connectivity index (χ3v) is 2.26. The van der Waals surface area contributed by atoms with Crippen molar-refractivity contribution < 1.29 is 0 Å². The van der Waals surface area contributed by atoms with Gasteiger partial charge >= 0.3 is 0 Å². The minimum atomic E-state index is 0.491. The molecule has 0 unspecified atom stereocenters. The maximum atomic E-state index is 4.36. The number of nitrogens with one attached hydrogen (secondary N) is 1. The Morgan fingerprint density at radius 1 is 1.38 bits per heavy atom. The van der Waals surface area contributed by atoms with Gasteiger partial charge in [-0.15, -0.1) is 0 Å². The van der Waals surface area contributed by atoms with Crippen LogP contribution < -0.4 is 5.32 Å². The summed E-state index contributed by atoms with van der Waals surface area (Å²) in [5, 5.41) is 7.48. The molecule has 0 radical (unpaired) electrons. The van der Waals surface area contributed by atoms with Gasteiger partial charge in [0.25, 0.3) is 0 Å². The van der Waals surface area contributed by atoms with Gasteiger partial charge in [-0.05, 0) is 17.7 Å². The summed E-state index contributed by atoms with van der Waals surface area (Å²) in [7, 11) is 0. The van der Waals surface area contributed by atoms with E-state index in [1.165, 1.54) is 5.56 Å². The molecule has 0 fully saturated rings. The van der Waals surface area contributed by atoms with Crippen LogP contribution in [0.25, 0.3) is 5.82 Å². The van der Waals surface area contributed by atoms with E-state index in [-0.39, 0.29) is 0 Å². The minimum Gasteiger partial charge on any atom is -0.310 e. The minimum absolute atomic E-state index is 0.491. The molecule has 2 aromatic rings. The van der Waals surface area contributed by atoms with Crippen molar-refractivity contribution in [1.29, 1.82) is 0 Å². The molecule has 2 aromatic heterocycles. The van der Waals surface area contributed by atoms with Gasteiger partial charge in [-0.25, -0.2) is 9.67 Å². The van der Waals surface area contributed by atoms with Gasteiger partial charge in [0.05, 0.1) is 0 Å². The van der Waals surface area contributed by atoms with Gasteiger partial charge in [-0.3, -0.25) is 0 Å². The van der Waals surface area contributed by atoms with Gasteiger partial charge in [0, 0.05) is 31.2 Å². The van der Waals surface area contributed by atoms with E-state index in [4.69, 9.17) is 0 Å². The van der Waals surface area contributed by atoms with Crippen molar-refractivity contribution in [2.45, 2.75) is 26.4 Å². The van der Waals surface area contributed by atoms with Crippen molar-refractivity contribution in [3.8, 4) is 5.82 Å². The van der Waals surface area contributed by atoms with Crippen LogP contribution >= 0.6 is 0 Å². The first-order valence-electron chi connectivity index (χ1n) is 5.44. The monoisotopic (exact) mass is 216 g/mol. The zero-order chi connectivity index (χ0) is 11.4. The van der Waals surface area contributed by atoms with Gasteiger partial charge in [-0.2, -0.15) is 5.10 Å². The second-order valence-corrected chi connectivity index (χ2v) is 4.01. The lowest BCUT2D eigenvalue weighted by atomic mass is 10.2. The Balaban J connectivity index is 2.05. The number of pyridine rings is 1. The molecule has 0 bridgehead atoms. The summed E-state index contributed by atoms with van der Waals surface area (Å²) < 4.78 is 1.75. The van der Waals surface area contributed by atoms with E-state index >= 15 is 0 Å². The number of rotatable bonds is 4. The molecular formula is C12H16N4. The molecule has 0 atom stereocenters. The molecule has 1 N–H and O–H groups in total. The van der Waals surface area contributed by atoms with Gasteiger partial charge in [0.1, 0.15) is 0 Å². The Labute approximate surface area is 95.3 Å². The Morgan fingerprint density at radius 3 is 2.81 bits per heavy atom. The summed E-state index contributed by atoms with van der Waals surface area (Å²) in [6, 6.07) is 6.42. The van der Waals surface area contributed by atoms with Crippen LogP contribution in [0.5, 0.6) is 0 Å². The zero-order valence-corrected chi connectivity index (χ0v) is 9.59. The third-order valence-electron chi connectivity index (χ3n) is 2.26. The Bertz CT molecular complexity index is 417. The summed E-state index contributed by atoms with van der Waals surface area (Å²) in [5.74, 6) is 0.846. The van der Waals surface area contributed by atoms with E-state index in [0.717, 1.165) is 12.4 Å². The maximum Gasteiger partial charge on any atom is 0.153 e. The average Bonchev–Trinajstić information content (AvgIpc) is 2.80. The SMILES string of the molecule is CC(C)NCc1ccc(-n2cccn2)nc1. The predicted molar refractivity (Wildman–Crippen MR) is 63.3 cm³/mol. The van der Waals surface area contributed by atoms with E-state index in [1.54, 1.807) is 10.9 Å². The highest BCUT2D eigenvalue weighted by molar-refractivity contribution is 5.24. The number of nitrogens with zero attached hydrogens (tertiary/aromatic N) is 3. The van der Waals surface area contributed by atoms with Crippen LogP contribution in [0.15, 0.2) is 36.8 Å². The zero-order valence-electron chi connectivity index (χ0n) is 9.59. The van der Waals surface area contributed by atoms with Gasteiger partial charge < -0.3 is 5.32 Å². The van der Waals surface area contributed by atoms with Crippen molar-refractivity contribution in [3.63, 3.8) is 0 Å². The van der Waals surface area contributed by atoms with Crippen molar-refractivity contribution in [2.75, 3.05) is 0 Å². The number of aromatic nitrogens is 3. The summed E-state index contributed by atoms with van der Waals surface area (Å²) >= 11 is 0. The molecule has 0 aliphatic heterocycles. The molecule has 2 heterocycles. The smallest absolute Gasteiger partial charge is 0.153 e. The first kappa shape index (κ1) is 10.8. The van der Waals surface area contributed by atoms with Crippen LogP contribution in [0, 0.1) is 0 Å². The lowest BCUT2D eigenvalue weighted by Gasteiger charge is -2.08. The predicted octanol–water partition coefficient (Wildman–Crippen LogP) is 1.77. The van der Waals surface area contributed by atoms with Crippen molar-refractivity contribution in [3.05, 3.63) is 42.4 Å². The van der Waals surface area contributed by atoms with E-state index in [9.17, 15) is 0 Å². The van der Waals surface area contributed by atoms with Crippen LogP contribution in [-0.4, -0.2) is 20.8 Å². The lowest BCUT2D eigenvalue weighted by molar-refractivity contribution is 0.587. The van der Waals surface area contributed by atoms with E-state index in [1.807, 2.05) is 24.5 Å². The second-order valence-electron chi connectivity index (χ2n) is 4.01. The third kappa shape index (κ3) is 2.67. The molecular weight excluding hydrogens is 200 g/mol. The molecule has 0 spiro atoms. The largest absolute Gasteiger partial charge is 0.310 e. The average molecular weight is 216 g/mol. The fraction of sp³-hybridized carbons (Fsp3) is 0.333. The van der Waals surface area contributed by atoms with Crippen LogP contribution in [-0.2, 0) is 6.54 Å². The fourth-order valence-electron chi connectivity index (χ4n) is 1.38. The van der Waals surface area contributed by atoms with Crippen molar-refractivity contribution in [1.82, 2.24) is 20.1 Å². The maximum absolute atomic E-state index is 4.36. The molecule has 0 amide bonds. The lowest BCUT2D eigenvalue weighted by Crippen LogP contribution is -2.21. The molecule has 0 saturated heterocycles. The fourth-order valence-corrected chi connectivity index (χ4v) is 1.38. The van der Waals surface area contributed by atoms with Crippen LogP contribution in [0.4, 0.5) is 0 Å². The molecule has 84 valence electrons. The highest BCUT2D eigenvalue weighted by atomic mass is 15.3. The molecule has 4 nitrogen and oxygen atoms in total. The second kappa shape index (κ2) is 4.90. The standard InChI is InChI=1S/C12H16N4/c1-10(2)13-8-11-4-5-12(14-9-11)16-7-3-6-15-16/h3-7,9-10,13H,8H2,1-2H3. The molecule has 2 rings (SSSR count). The molecule has 0 aliphatic carbocycles. The Morgan fingerprint density at radius 2 is 2.25 bits per heavy atom. The Hall–Kier alpha value is -1.68. The van der Waals surface area contributed by atoms with Gasteiger partial charge in [0.15, 0.2) is 5.82 Å². The van der Waals surface area contributed by atoms with Crippen LogP contribution in [0.3, 0.4) is 0 Å². The molecule has 16 heavy (non-hydrogen) atoms.